The van der Waals surface area contributed by atoms with Crippen molar-refractivity contribution in [3.05, 3.63) is 23.8 Å². The van der Waals surface area contributed by atoms with Gasteiger partial charge in [-0.2, -0.15) is 0 Å². The van der Waals surface area contributed by atoms with Crippen LogP contribution in [0.3, 0.4) is 0 Å². The van der Waals surface area contributed by atoms with Crippen molar-refractivity contribution in [1.29, 1.82) is 0 Å². The summed E-state index contributed by atoms with van der Waals surface area (Å²) in [5.74, 6) is 0.459. The quantitative estimate of drug-likeness (QED) is 0.540. The Balaban J connectivity index is 1.75. The van der Waals surface area contributed by atoms with Crippen molar-refractivity contribution >= 4 is 11.6 Å². The Morgan fingerprint density at radius 3 is 3.11 bits per heavy atom. The first-order valence-electron chi connectivity index (χ1n) is 6.74. The predicted molar refractivity (Wildman–Crippen MR) is 72.5 cm³/mol. The molecule has 1 aromatic rings. The Morgan fingerprint density at radius 1 is 1.47 bits per heavy atom. The smallest absolute Gasteiger partial charge is 0.224 e. The fourth-order valence-electron chi connectivity index (χ4n) is 3.17. The molecular formula is C14H19N3O2. The Morgan fingerprint density at radius 2 is 2.32 bits per heavy atom. The number of hydrogen-bond acceptors (Lipinski definition) is 4. The number of phenolic OH excluding ortho intramolecular Hbond substituents is 1. The SMILES string of the molecule is Nc1cc(CN2CCCC3C(=O)NCC32)ccc1O. The first-order chi connectivity index (χ1) is 9.15. The van der Waals surface area contributed by atoms with Crippen LogP contribution in [0.15, 0.2) is 18.2 Å². The van der Waals surface area contributed by atoms with Gasteiger partial charge in [0.15, 0.2) is 0 Å². The number of carbonyl (C=O) groups excluding carboxylic acids is 1. The number of amides is 1. The standard InChI is InChI=1S/C14H19N3O2/c15-11-6-9(3-4-13(11)18)8-17-5-1-2-10-12(17)7-16-14(10)19/h3-4,6,10,12,18H,1-2,5,7-8,15H2,(H,16,19). The van der Waals surface area contributed by atoms with Gasteiger partial charge in [0, 0.05) is 19.1 Å². The highest BCUT2D eigenvalue weighted by Gasteiger charge is 2.40. The van der Waals surface area contributed by atoms with Crippen LogP contribution in [0.5, 0.6) is 5.75 Å². The van der Waals surface area contributed by atoms with Crippen molar-refractivity contribution in [3.63, 3.8) is 0 Å². The number of likely N-dealkylation sites (tertiary alicyclic amines) is 1. The molecule has 2 atom stereocenters. The number of nitrogens with one attached hydrogen (secondary N) is 1. The average Bonchev–Trinajstić information content (AvgIpc) is 2.77. The maximum absolute atomic E-state index is 11.7. The average molecular weight is 261 g/mol. The third-order valence-electron chi connectivity index (χ3n) is 4.19. The number of fused-ring (bicyclic) bond motifs is 1. The van der Waals surface area contributed by atoms with E-state index in [1.54, 1.807) is 6.07 Å². The lowest BCUT2D eigenvalue weighted by atomic mass is 9.91. The highest BCUT2D eigenvalue weighted by molar-refractivity contribution is 5.82. The topological polar surface area (TPSA) is 78.6 Å². The van der Waals surface area contributed by atoms with Crippen LogP contribution in [0.1, 0.15) is 18.4 Å². The third kappa shape index (κ3) is 2.26. The molecule has 2 aliphatic heterocycles. The van der Waals surface area contributed by atoms with E-state index in [2.05, 4.69) is 10.2 Å². The zero-order valence-corrected chi connectivity index (χ0v) is 10.8. The normalized spacial score (nSPS) is 27.1. The largest absolute Gasteiger partial charge is 0.506 e. The second-order valence-corrected chi connectivity index (χ2v) is 5.42. The van der Waals surface area contributed by atoms with Crippen molar-refractivity contribution in [2.24, 2.45) is 5.92 Å². The van der Waals surface area contributed by atoms with Crippen LogP contribution >= 0.6 is 0 Å². The van der Waals surface area contributed by atoms with Crippen molar-refractivity contribution in [2.75, 3.05) is 18.8 Å². The van der Waals surface area contributed by atoms with E-state index < -0.39 is 0 Å². The lowest BCUT2D eigenvalue weighted by Gasteiger charge is -2.35. The molecule has 5 heteroatoms. The van der Waals surface area contributed by atoms with Gasteiger partial charge in [0.05, 0.1) is 11.6 Å². The van der Waals surface area contributed by atoms with Gasteiger partial charge in [0.25, 0.3) is 0 Å². The number of hydrogen-bond donors (Lipinski definition) is 3. The molecule has 2 fully saturated rings. The van der Waals surface area contributed by atoms with Crippen LogP contribution in [-0.4, -0.2) is 35.0 Å². The van der Waals surface area contributed by atoms with Gasteiger partial charge in [-0.05, 0) is 37.1 Å². The molecule has 0 bridgehead atoms. The molecule has 2 unspecified atom stereocenters. The van der Waals surface area contributed by atoms with Gasteiger partial charge >= 0.3 is 0 Å². The minimum atomic E-state index is 0.123. The molecule has 1 amide bonds. The fraction of sp³-hybridized carbons (Fsp3) is 0.500. The Hall–Kier alpha value is -1.75. The Bertz CT molecular complexity index is 503. The van der Waals surface area contributed by atoms with Crippen LogP contribution in [-0.2, 0) is 11.3 Å². The molecule has 2 aliphatic rings. The number of anilines is 1. The first-order valence-corrected chi connectivity index (χ1v) is 6.74. The molecule has 4 N–H and O–H groups in total. The summed E-state index contributed by atoms with van der Waals surface area (Å²) in [4.78, 5) is 14.1. The Kier molecular flexibility index (Phi) is 3.06. The van der Waals surface area contributed by atoms with Crippen molar-refractivity contribution in [3.8, 4) is 5.75 Å². The van der Waals surface area contributed by atoms with E-state index in [1.807, 2.05) is 12.1 Å². The van der Waals surface area contributed by atoms with Crippen LogP contribution in [0.25, 0.3) is 0 Å². The number of aromatic hydroxyl groups is 1. The first kappa shape index (κ1) is 12.3. The van der Waals surface area contributed by atoms with Gasteiger partial charge in [-0.1, -0.05) is 6.07 Å². The molecular weight excluding hydrogens is 242 g/mol. The van der Waals surface area contributed by atoms with Crippen LogP contribution in [0, 0.1) is 5.92 Å². The van der Waals surface area contributed by atoms with Gasteiger partial charge < -0.3 is 16.2 Å². The number of nitrogen functional groups attached to an aromatic ring is 1. The van der Waals surface area contributed by atoms with E-state index in [-0.39, 0.29) is 17.6 Å². The minimum Gasteiger partial charge on any atom is -0.506 e. The summed E-state index contributed by atoms with van der Waals surface area (Å²) in [6.45, 7) is 2.54. The molecule has 0 spiro atoms. The lowest BCUT2D eigenvalue weighted by molar-refractivity contribution is -0.124. The van der Waals surface area contributed by atoms with E-state index in [4.69, 9.17) is 5.73 Å². The van der Waals surface area contributed by atoms with Gasteiger partial charge in [-0.15, -0.1) is 0 Å². The molecule has 5 nitrogen and oxygen atoms in total. The zero-order chi connectivity index (χ0) is 13.4. The molecule has 0 aromatic heterocycles. The molecule has 1 aromatic carbocycles. The number of nitrogens with two attached hydrogens (primary N) is 1. The fourth-order valence-corrected chi connectivity index (χ4v) is 3.17. The maximum atomic E-state index is 11.7. The molecule has 0 aliphatic carbocycles. The lowest BCUT2D eigenvalue weighted by Crippen LogP contribution is -2.44. The number of nitrogens with zero attached hydrogens (tertiary/aromatic N) is 1. The summed E-state index contributed by atoms with van der Waals surface area (Å²) in [5, 5.41) is 12.4. The summed E-state index contributed by atoms with van der Waals surface area (Å²) < 4.78 is 0. The predicted octanol–water partition coefficient (Wildman–Crippen LogP) is 0.685. The summed E-state index contributed by atoms with van der Waals surface area (Å²) in [6, 6.07) is 5.63. The number of carbonyl (C=O) groups is 1. The Labute approximate surface area is 112 Å². The number of phenols is 1. The van der Waals surface area contributed by atoms with Gasteiger partial charge in [-0.25, -0.2) is 0 Å². The van der Waals surface area contributed by atoms with Crippen molar-refractivity contribution < 1.29 is 9.90 Å². The molecule has 3 rings (SSSR count). The summed E-state index contributed by atoms with van der Waals surface area (Å²) >= 11 is 0. The monoisotopic (exact) mass is 261 g/mol. The van der Waals surface area contributed by atoms with Crippen LogP contribution in [0.2, 0.25) is 0 Å². The second-order valence-electron chi connectivity index (χ2n) is 5.42. The molecule has 2 heterocycles. The van der Waals surface area contributed by atoms with Crippen molar-refractivity contribution in [2.45, 2.75) is 25.4 Å². The molecule has 102 valence electrons. The number of benzene rings is 1. The van der Waals surface area contributed by atoms with E-state index >= 15 is 0 Å². The van der Waals surface area contributed by atoms with E-state index in [0.717, 1.165) is 38.0 Å². The van der Waals surface area contributed by atoms with E-state index in [0.29, 0.717) is 11.7 Å². The second kappa shape index (κ2) is 4.74. The maximum Gasteiger partial charge on any atom is 0.224 e. The highest BCUT2D eigenvalue weighted by Crippen LogP contribution is 2.29. The summed E-state index contributed by atoms with van der Waals surface area (Å²) in [6.07, 6.45) is 2.05. The molecule has 2 saturated heterocycles. The molecule has 0 saturated carbocycles. The molecule has 0 radical (unpaired) electrons. The summed E-state index contributed by atoms with van der Waals surface area (Å²) in [5.41, 5.74) is 7.21. The third-order valence-corrected chi connectivity index (χ3v) is 4.19. The van der Waals surface area contributed by atoms with Crippen molar-refractivity contribution in [1.82, 2.24) is 10.2 Å². The van der Waals surface area contributed by atoms with Gasteiger partial charge in [-0.3, -0.25) is 9.69 Å². The van der Waals surface area contributed by atoms with E-state index in [9.17, 15) is 9.90 Å². The van der Waals surface area contributed by atoms with Crippen LogP contribution in [0.4, 0.5) is 5.69 Å². The number of piperidine rings is 1. The zero-order valence-electron chi connectivity index (χ0n) is 10.8. The summed E-state index contributed by atoms with van der Waals surface area (Å²) in [7, 11) is 0. The minimum absolute atomic E-state index is 0.123. The van der Waals surface area contributed by atoms with Gasteiger partial charge in [0.2, 0.25) is 5.91 Å². The van der Waals surface area contributed by atoms with Crippen LogP contribution < -0.4 is 11.1 Å². The van der Waals surface area contributed by atoms with E-state index in [1.165, 1.54) is 0 Å². The molecule has 19 heavy (non-hydrogen) atoms. The number of rotatable bonds is 2. The van der Waals surface area contributed by atoms with Gasteiger partial charge in [0.1, 0.15) is 5.75 Å². The highest BCUT2D eigenvalue weighted by atomic mass is 16.3.